The molecule has 0 bridgehead atoms. The van der Waals surface area contributed by atoms with Crippen LogP contribution in [0.25, 0.3) is 0 Å². The van der Waals surface area contributed by atoms with Gasteiger partial charge < -0.3 is 15.8 Å². The lowest BCUT2D eigenvalue weighted by Gasteiger charge is -2.17. The smallest absolute Gasteiger partial charge is 0.328 e. The van der Waals surface area contributed by atoms with Crippen LogP contribution in [-0.2, 0) is 20.7 Å². The summed E-state index contributed by atoms with van der Waals surface area (Å²) in [7, 11) is 1.31. The average molecular weight is 278 g/mol. The monoisotopic (exact) mass is 278 g/mol. The first-order chi connectivity index (χ1) is 9.56. The van der Waals surface area contributed by atoms with Crippen molar-refractivity contribution in [3.8, 4) is 0 Å². The highest BCUT2D eigenvalue weighted by Crippen LogP contribution is 2.06. The van der Waals surface area contributed by atoms with E-state index in [1.807, 2.05) is 37.3 Å². The van der Waals surface area contributed by atoms with Crippen LogP contribution in [0.4, 0.5) is 0 Å². The maximum absolute atomic E-state index is 11.9. The van der Waals surface area contributed by atoms with Crippen LogP contribution in [0, 0.1) is 5.92 Å². The summed E-state index contributed by atoms with van der Waals surface area (Å²) in [6.45, 7) is 2.33. The van der Waals surface area contributed by atoms with Crippen LogP contribution in [0.5, 0.6) is 0 Å². The van der Waals surface area contributed by atoms with Gasteiger partial charge in [0.15, 0.2) is 0 Å². The Morgan fingerprint density at radius 2 is 1.95 bits per heavy atom. The molecule has 0 aliphatic rings. The van der Waals surface area contributed by atoms with Crippen molar-refractivity contribution < 1.29 is 14.3 Å². The second-order valence-electron chi connectivity index (χ2n) is 4.88. The molecule has 0 aromatic heterocycles. The summed E-state index contributed by atoms with van der Waals surface area (Å²) < 4.78 is 4.74. The SMILES string of the molecule is COC(=O)C(Cc1ccccc1)NC(=O)CC(C)CN. The average Bonchev–Trinajstić information content (AvgIpc) is 2.46. The van der Waals surface area contributed by atoms with E-state index in [2.05, 4.69) is 5.32 Å². The Hall–Kier alpha value is -1.88. The minimum atomic E-state index is -0.667. The number of hydrogen-bond donors (Lipinski definition) is 2. The van der Waals surface area contributed by atoms with Gasteiger partial charge in [0.2, 0.25) is 5.91 Å². The van der Waals surface area contributed by atoms with Crippen molar-refractivity contribution in [1.29, 1.82) is 0 Å². The summed E-state index contributed by atoms with van der Waals surface area (Å²) in [4.78, 5) is 23.6. The lowest BCUT2D eigenvalue weighted by molar-refractivity contribution is -0.145. The van der Waals surface area contributed by atoms with E-state index in [4.69, 9.17) is 10.5 Å². The zero-order valence-corrected chi connectivity index (χ0v) is 12.0. The number of amides is 1. The topological polar surface area (TPSA) is 81.4 Å². The van der Waals surface area contributed by atoms with E-state index in [0.717, 1.165) is 5.56 Å². The molecule has 5 heteroatoms. The predicted molar refractivity (Wildman–Crippen MR) is 76.9 cm³/mol. The molecule has 1 amide bonds. The molecule has 0 saturated heterocycles. The summed E-state index contributed by atoms with van der Waals surface area (Å²) in [5, 5.41) is 2.71. The number of methoxy groups -OCH3 is 1. The number of benzene rings is 1. The molecule has 0 spiro atoms. The molecule has 1 aromatic rings. The fourth-order valence-electron chi connectivity index (χ4n) is 1.84. The third-order valence-corrected chi connectivity index (χ3v) is 3.04. The van der Waals surface area contributed by atoms with Gasteiger partial charge in [-0.05, 0) is 18.0 Å². The Morgan fingerprint density at radius 3 is 2.50 bits per heavy atom. The molecule has 1 aromatic carbocycles. The summed E-state index contributed by atoms with van der Waals surface area (Å²) >= 11 is 0. The number of nitrogens with two attached hydrogens (primary N) is 1. The first kappa shape index (κ1) is 16.2. The summed E-state index contributed by atoms with van der Waals surface area (Å²) in [6.07, 6.45) is 0.717. The Balaban J connectivity index is 2.65. The van der Waals surface area contributed by atoms with Gasteiger partial charge in [-0.1, -0.05) is 37.3 Å². The van der Waals surface area contributed by atoms with Crippen LogP contribution in [0.2, 0.25) is 0 Å². The molecule has 5 nitrogen and oxygen atoms in total. The van der Waals surface area contributed by atoms with Gasteiger partial charge in [0.05, 0.1) is 7.11 Å². The fourth-order valence-corrected chi connectivity index (χ4v) is 1.84. The Labute approximate surface area is 119 Å². The predicted octanol–water partition coefficient (Wildman–Crippen LogP) is 0.872. The van der Waals surface area contributed by atoms with E-state index in [1.54, 1.807) is 0 Å². The molecule has 2 atom stereocenters. The largest absolute Gasteiger partial charge is 0.467 e. The van der Waals surface area contributed by atoms with Gasteiger partial charge in [-0.3, -0.25) is 4.79 Å². The van der Waals surface area contributed by atoms with Crippen molar-refractivity contribution in [3.05, 3.63) is 35.9 Å². The normalized spacial score (nSPS) is 13.3. The highest BCUT2D eigenvalue weighted by Gasteiger charge is 2.22. The number of hydrogen-bond acceptors (Lipinski definition) is 4. The number of rotatable bonds is 7. The quantitative estimate of drug-likeness (QED) is 0.725. The Morgan fingerprint density at radius 1 is 1.30 bits per heavy atom. The standard InChI is InChI=1S/C15H22N2O3/c1-11(10-16)8-14(18)17-13(15(19)20-2)9-12-6-4-3-5-7-12/h3-7,11,13H,8-10,16H2,1-2H3,(H,17,18). The molecular weight excluding hydrogens is 256 g/mol. The Kier molecular flexibility index (Phi) is 6.73. The number of nitrogens with one attached hydrogen (secondary N) is 1. The van der Waals surface area contributed by atoms with Crippen molar-refractivity contribution in [3.63, 3.8) is 0 Å². The second kappa shape index (κ2) is 8.32. The van der Waals surface area contributed by atoms with Crippen molar-refractivity contribution in [1.82, 2.24) is 5.32 Å². The molecule has 0 fully saturated rings. The Bertz CT molecular complexity index is 434. The van der Waals surface area contributed by atoms with E-state index in [0.29, 0.717) is 19.4 Å². The summed E-state index contributed by atoms with van der Waals surface area (Å²) in [5.74, 6) is -0.540. The van der Waals surface area contributed by atoms with E-state index >= 15 is 0 Å². The van der Waals surface area contributed by atoms with Gasteiger partial charge in [0.1, 0.15) is 6.04 Å². The maximum atomic E-state index is 11.9. The van der Waals surface area contributed by atoms with Gasteiger partial charge >= 0.3 is 5.97 Å². The highest BCUT2D eigenvalue weighted by molar-refractivity contribution is 5.84. The van der Waals surface area contributed by atoms with Crippen LogP contribution in [0.15, 0.2) is 30.3 Å². The molecule has 2 unspecified atom stereocenters. The molecule has 0 aliphatic carbocycles. The number of ether oxygens (including phenoxy) is 1. The molecule has 0 aliphatic heterocycles. The molecular formula is C15H22N2O3. The maximum Gasteiger partial charge on any atom is 0.328 e. The van der Waals surface area contributed by atoms with Gasteiger partial charge in [-0.2, -0.15) is 0 Å². The molecule has 0 radical (unpaired) electrons. The number of carbonyl (C=O) groups excluding carboxylic acids is 2. The highest BCUT2D eigenvalue weighted by atomic mass is 16.5. The van der Waals surface area contributed by atoms with Crippen molar-refractivity contribution in [2.45, 2.75) is 25.8 Å². The van der Waals surface area contributed by atoms with Gasteiger partial charge in [-0.25, -0.2) is 4.79 Å². The third kappa shape index (κ3) is 5.40. The molecule has 3 N–H and O–H groups in total. The summed E-state index contributed by atoms with van der Waals surface area (Å²) in [6, 6.07) is 8.83. The lowest BCUT2D eigenvalue weighted by atomic mass is 10.0. The lowest BCUT2D eigenvalue weighted by Crippen LogP contribution is -2.43. The van der Waals surface area contributed by atoms with Crippen molar-refractivity contribution >= 4 is 11.9 Å². The zero-order valence-electron chi connectivity index (χ0n) is 12.0. The van der Waals surface area contributed by atoms with Crippen LogP contribution in [-0.4, -0.2) is 31.6 Å². The van der Waals surface area contributed by atoms with Crippen LogP contribution in [0.1, 0.15) is 18.9 Å². The molecule has 1 rings (SSSR count). The number of carbonyl (C=O) groups is 2. The van der Waals surface area contributed by atoms with Crippen molar-refractivity contribution in [2.75, 3.05) is 13.7 Å². The van der Waals surface area contributed by atoms with Gasteiger partial charge in [0.25, 0.3) is 0 Å². The van der Waals surface area contributed by atoms with Gasteiger partial charge in [-0.15, -0.1) is 0 Å². The summed E-state index contributed by atoms with van der Waals surface area (Å²) in [5.41, 5.74) is 6.46. The van der Waals surface area contributed by atoms with Crippen LogP contribution < -0.4 is 11.1 Å². The first-order valence-corrected chi connectivity index (χ1v) is 6.68. The van der Waals surface area contributed by atoms with Crippen LogP contribution in [0.3, 0.4) is 0 Å². The van der Waals surface area contributed by atoms with Crippen molar-refractivity contribution in [2.24, 2.45) is 11.7 Å². The first-order valence-electron chi connectivity index (χ1n) is 6.68. The molecule has 110 valence electrons. The molecule has 20 heavy (non-hydrogen) atoms. The van der Waals surface area contributed by atoms with E-state index in [1.165, 1.54) is 7.11 Å². The second-order valence-corrected chi connectivity index (χ2v) is 4.88. The van der Waals surface area contributed by atoms with E-state index < -0.39 is 12.0 Å². The minimum Gasteiger partial charge on any atom is -0.467 e. The molecule has 0 heterocycles. The minimum absolute atomic E-state index is 0.0880. The van der Waals surface area contributed by atoms with E-state index in [-0.39, 0.29) is 11.8 Å². The van der Waals surface area contributed by atoms with Gasteiger partial charge in [0, 0.05) is 12.8 Å². The third-order valence-electron chi connectivity index (χ3n) is 3.04. The molecule has 0 saturated carbocycles. The zero-order chi connectivity index (χ0) is 15.0. The van der Waals surface area contributed by atoms with E-state index in [9.17, 15) is 9.59 Å². The van der Waals surface area contributed by atoms with Crippen LogP contribution >= 0.6 is 0 Å². The fraction of sp³-hybridized carbons (Fsp3) is 0.467. The number of esters is 1.